The van der Waals surface area contributed by atoms with Gasteiger partial charge < -0.3 is 5.73 Å². The Hall–Kier alpha value is -1.35. The number of nitrogens with zero attached hydrogens (tertiary/aromatic N) is 1. The second-order valence-corrected chi connectivity index (χ2v) is 3.30. The predicted molar refractivity (Wildman–Crippen MR) is 46.0 cm³/mol. The van der Waals surface area contributed by atoms with Gasteiger partial charge in [0.1, 0.15) is 5.69 Å². The molecule has 0 bridgehead atoms. The Labute approximate surface area is 86.0 Å². The van der Waals surface area contributed by atoms with Crippen LogP contribution >= 0.6 is 11.3 Å². The molecule has 0 aromatic carbocycles. The maximum Gasteiger partial charge on any atom is 0.414 e. The molecule has 5 nitrogen and oxygen atoms in total. The molecule has 0 saturated heterocycles. The third kappa shape index (κ3) is 4.13. The average Bonchev–Trinajstić information content (AvgIpc) is 2.49. The molecule has 0 unspecified atom stereocenters. The summed E-state index contributed by atoms with van der Waals surface area (Å²) in [4.78, 5) is 18.5. The number of nitrogens with one attached hydrogen (secondary N) is 1. The van der Waals surface area contributed by atoms with E-state index in [1.807, 2.05) is 0 Å². The van der Waals surface area contributed by atoms with Crippen molar-refractivity contribution in [1.82, 2.24) is 10.5 Å². The van der Waals surface area contributed by atoms with Crippen LogP contribution in [0.4, 0.5) is 18.3 Å². The van der Waals surface area contributed by atoms with E-state index in [4.69, 9.17) is 5.73 Å². The highest BCUT2D eigenvalue weighted by Gasteiger charge is 2.28. The van der Waals surface area contributed by atoms with Crippen molar-refractivity contribution in [1.29, 1.82) is 0 Å². The van der Waals surface area contributed by atoms with Crippen LogP contribution in [0.2, 0.25) is 0 Å². The maximum absolute atomic E-state index is 11.6. The molecular weight excluding hydrogens is 235 g/mol. The Morgan fingerprint density at radius 1 is 1.67 bits per heavy atom. The SMILES string of the molecule is Nc1nc(C(=O)NOCC(F)(F)F)cs1. The second kappa shape index (κ2) is 4.45. The minimum absolute atomic E-state index is 0.0836. The number of nitrogen functional groups attached to an aromatic ring is 1. The fraction of sp³-hybridized carbons (Fsp3) is 0.333. The molecule has 84 valence electrons. The van der Waals surface area contributed by atoms with Gasteiger partial charge in [-0.1, -0.05) is 0 Å². The predicted octanol–water partition coefficient (Wildman–Crippen LogP) is 0.949. The lowest BCUT2D eigenvalue weighted by Crippen LogP contribution is -2.29. The number of nitrogens with two attached hydrogens (primary N) is 1. The lowest BCUT2D eigenvalue weighted by atomic mass is 10.5. The summed E-state index contributed by atoms with van der Waals surface area (Å²) < 4.78 is 34.8. The smallest absolute Gasteiger partial charge is 0.375 e. The van der Waals surface area contributed by atoms with E-state index in [9.17, 15) is 18.0 Å². The van der Waals surface area contributed by atoms with Gasteiger partial charge in [0.05, 0.1) is 0 Å². The first-order valence-electron chi connectivity index (χ1n) is 3.58. The van der Waals surface area contributed by atoms with E-state index in [1.54, 1.807) is 5.48 Å². The summed E-state index contributed by atoms with van der Waals surface area (Å²) in [7, 11) is 0. The summed E-state index contributed by atoms with van der Waals surface area (Å²) in [6, 6.07) is 0. The van der Waals surface area contributed by atoms with Crippen LogP contribution in [0.25, 0.3) is 0 Å². The van der Waals surface area contributed by atoms with Crippen LogP contribution in [0.15, 0.2) is 5.38 Å². The van der Waals surface area contributed by atoms with Gasteiger partial charge in [-0.05, 0) is 0 Å². The Morgan fingerprint density at radius 3 is 2.80 bits per heavy atom. The molecule has 1 heterocycles. The molecule has 1 aromatic heterocycles. The van der Waals surface area contributed by atoms with Crippen LogP contribution in [-0.2, 0) is 4.84 Å². The molecule has 0 spiro atoms. The van der Waals surface area contributed by atoms with E-state index in [0.717, 1.165) is 11.3 Å². The zero-order chi connectivity index (χ0) is 11.5. The topological polar surface area (TPSA) is 77.2 Å². The maximum atomic E-state index is 11.6. The molecule has 3 N–H and O–H groups in total. The minimum atomic E-state index is -4.49. The fourth-order valence-corrected chi connectivity index (χ4v) is 1.17. The number of halogens is 3. The standard InChI is InChI=1S/C6H6F3N3O2S/c7-6(8,9)2-14-12-4(13)3-1-15-5(10)11-3/h1H,2H2,(H2,10,11)(H,12,13). The first-order chi connectivity index (χ1) is 6.88. The number of carbonyl (C=O) groups excluding carboxylic acids is 1. The van der Waals surface area contributed by atoms with Gasteiger partial charge in [-0.2, -0.15) is 13.2 Å². The van der Waals surface area contributed by atoms with Gasteiger partial charge in [-0.25, -0.2) is 10.5 Å². The van der Waals surface area contributed by atoms with E-state index in [1.165, 1.54) is 5.38 Å². The highest BCUT2D eigenvalue weighted by Crippen LogP contribution is 2.14. The number of carbonyl (C=O) groups is 1. The highest BCUT2D eigenvalue weighted by atomic mass is 32.1. The number of hydroxylamine groups is 1. The summed E-state index contributed by atoms with van der Waals surface area (Å²) in [6.07, 6.45) is -4.49. The van der Waals surface area contributed by atoms with Gasteiger partial charge in [0.15, 0.2) is 11.7 Å². The quantitative estimate of drug-likeness (QED) is 0.772. The van der Waals surface area contributed by atoms with Crippen molar-refractivity contribution in [2.75, 3.05) is 12.3 Å². The molecular formula is C6H6F3N3O2S. The number of alkyl halides is 3. The molecule has 0 fully saturated rings. The largest absolute Gasteiger partial charge is 0.414 e. The molecule has 1 aromatic rings. The van der Waals surface area contributed by atoms with Crippen molar-refractivity contribution in [2.45, 2.75) is 6.18 Å². The van der Waals surface area contributed by atoms with Crippen molar-refractivity contribution in [3.8, 4) is 0 Å². The molecule has 9 heteroatoms. The van der Waals surface area contributed by atoms with E-state index in [-0.39, 0.29) is 10.8 Å². The summed E-state index contributed by atoms with van der Waals surface area (Å²) in [6.45, 7) is -1.56. The van der Waals surface area contributed by atoms with Crippen LogP contribution in [0.3, 0.4) is 0 Å². The average molecular weight is 241 g/mol. The number of hydrogen-bond donors (Lipinski definition) is 2. The molecule has 0 aliphatic heterocycles. The molecule has 0 aliphatic carbocycles. The first kappa shape index (κ1) is 11.7. The van der Waals surface area contributed by atoms with Crippen molar-refractivity contribution in [3.63, 3.8) is 0 Å². The molecule has 0 atom stereocenters. The Kier molecular flexibility index (Phi) is 3.48. The Bertz CT molecular complexity index is 352. The van der Waals surface area contributed by atoms with Crippen LogP contribution in [0.5, 0.6) is 0 Å². The summed E-state index contributed by atoms with van der Waals surface area (Å²) in [5.74, 6) is -0.868. The van der Waals surface area contributed by atoms with Gasteiger partial charge in [0.25, 0.3) is 5.91 Å². The normalized spacial score (nSPS) is 11.4. The number of thiazole rings is 1. The van der Waals surface area contributed by atoms with E-state index < -0.39 is 18.7 Å². The molecule has 0 radical (unpaired) electrons. The van der Waals surface area contributed by atoms with Gasteiger partial charge in [-0.15, -0.1) is 11.3 Å². The number of anilines is 1. The zero-order valence-corrected chi connectivity index (χ0v) is 7.98. The Morgan fingerprint density at radius 2 is 2.33 bits per heavy atom. The molecule has 15 heavy (non-hydrogen) atoms. The summed E-state index contributed by atoms with van der Waals surface area (Å²) >= 11 is 1.000. The monoisotopic (exact) mass is 241 g/mol. The van der Waals surface area contributed by atoms with Crippen molar-refractivity contribution < 1.29 is 22.8 Å². The van der Waals surface area contributed by atoms with E-state index in [2.05, 4.69) is 9.82 Å². The molecule has 1 rings (SSSR count). The van der Waals surface area contributed by atoms with E-state index in [0.29, 0.717) is 0 Å². The summed E-state index contributed by atoms with van der Waals surface area (Å²) in [5.41, 5.74) is 6.74. The third-order valence-corrected chi connectivity index (χ3v) is 1.83. The van der Waals surface area contributed by atoms with Gasteiger partial charge >= 0.3 is 6.18 Å². The fourth-order valence-electron chi connectivity index (χ4n) is 0.628. The number of rotatable bonds is 3. The Balaban J connectivity index is 2.37. The van der Waals surface area contributed by atoms with E-state index >= 15 is 0 Å². The van der Waals surface area contributed by atoms with Crippen LogP contribution in [0, 0.1) is 0 Å². The van der Waals surface area contributed by atoms with Gasteiger partial charge in [-0.3, -0.25) is 9.63 Å². The lowest BCUT2D eigenvalue weighted by Gasteiger charge is -2.06. The first-order valence-corrected chi connectivity index (χ1v) is 4.46. The minimum Gasteiger partial charge on any atom is -0.375 e. The van der Waals surface area contributed by atoms with Crippen molar-refractivity contribution in [2.24, 2.45) is 0 Å². The lowest BCUT2D eigenvalue weighted by molar-refractivity contribution is -0.184. The van der Waals surface area contributed by atoms with Crippen LogP contribution < -0.4 is 11.2 Å². The number of hydrogen-bond acceptors (Lipinski definition) is 5. The third-order valence-electron chi connectivity index (χ3n) is 1.16. The number of amides is 1. The highest BCUT2D eigenvalue weighted by molar-refractivity contribution is 7.13. The second-order valence-electron chi connectivity index (χ2n) is 2.41. The molecule has 0 aliphatic rings. The van der Waals surface area contributed by atoms with Crippen LogP contribution in [0.1, 0.15) is 10.5 Å². The van der Waals surface area contributed by atoms with Crippen molar-refractivity contribution in [3.05, 3.63) is 11.1 Å². The summed E-state index contributed by atoms with van der Waals surface area (Å²) in [5, 5.41) is 1.46. The molecule has 0 saturated carbocycles. The zero-order valence-electron chi connectivity index (χ0n) is 7.17. The van der Waals surface area contributed by atoms with Gasteiger partial charge in [0, 0.05) is 5.38 Å². The molecule has 1 amide bonds. The number of aromatic nitrogens is 1. The van der Waals surface area contributed by atoms with Gasteiger partial charge in [0.2, 0.25) is 0 Å². The van der Waals surface area contributed by atoms with Crippen molar-refractivity contribution >= 4 is 22.4 Å². The van der Waals surface area contributed by atoms with Crippen LogP contribution in [-0.4, -0.2) is 23.7 Å².